The maximum Gasteiger partial charge on any atom is 0.271 e. The van der Waals surface area contributed by atoms with E-state index in [2.05, 4.69) is 29.6 Å². The molecule has 3 rings (SSSR count). The lowest BCUT2D eigenvalue weighted by molar-refractivity contribution is 0.0955. The predicted molar refractivity (Wildman–Crippen MR) is 133 cm³/mol. The molecule has 0 spiro atoms. The van der Waals surface area contributed by atoms with Crippen molar-refractivity contribution in [2.45, 2.75) is 39.0 Å². The van der Waals surface area contributed by atoms with Crippen LogP contribution in [-0.4, -0.2) is 25.3 Å². The Morgan fingerprint density at radius 1 is 0.848 bits per heavy atom. The monoisotopic (exact) mass is 444 g/mol. The van der Waals surface area contributed by atoms with Crippen LogP contribution in [0.3, 0.4) is 0 Å². The van der Waals surface area contributed by atoms with E-state index in [1.165, 1.54) is 31.2 Å². The minimum absolute atomic E-state index is 0.259. The molecule has 0 atom stereocenters. The Kier molecular flexibility index (Phi) is 10.0. The highest BCUT2D eigenvalue weighted by Crippen LogP contribution is 2.17. The van der Waals surface area contributed by atoms with Crippen molar-refractivity contribution in [3.8, 4) is 11.5 Å². The molecule has 5 nitrogen and oxygen atoms in total. The Morgan fingerprint density at radius 2 is 1.58 bits per heavy atom. The van der Waals surface area contributed by atoms with Gasteiger partial charge in [0.25, 0.3) is 5.91 Å². The zero-order valence-electron chi connectivity index (χ0n) is 19.2. The Hall–Kier alpha value is -3.60. The van der Waals surface area contributed by atoms with Crippen molar-refractivity contribution in [3.63, 3.8) is 0 Å². The summed E-state index contributed by atoms with van der Waals surface area (Å²) < 4.78 is 11.7. The van der Waals surface area contributed by atoms with E-state index in [0.717, 1.165) is 17.7 Å². The number of carbonyl (C=O) groups excluding carboxylic acids is 1. The van der Waals surface area contributed by atoms with E-state index in [-0.39, 0.29) is 5.91 Å². The van der Waals surface area contributed by atoms with Gasteiger partial charge >= 0.3 is 0 Å². The Labute approximate surface area is 196 Å². The van der Waals surface area contributed by atoms with Crippen LogP contribution >= 0.6 is 0 Å². The van der Waals surface area contributed by atoms with Gasteiger partial charge < -0.3 is 9.47 Å². The number of carbonyl (C=O) groups is 1. The van der Waals surface area contributed by atoms with E-state index < -0.39 is 0 Å². The van der Waals surface area contributed by atoms with Crippen LogP contribution in [0, 0.1) is 0 Å². The second-order valence-electron chi connectivity index (χ2n) is 7.75. The number of amides is 1. The van der Waals surface area contributed by atoms with E-state index in [1.54, 1.807) is 18.3 Å². The lowest BCUT2D eigenvalue weighted by Crippen LogP contribution is -2.17. The number of nitrogens with zero attached hydrogens (tertiary/aromatic N) is 1. The molecule has 0 heterocycles. The smallest absolute Gasteiger partial charge is 0.271 e. The fourth-order valence-electron chi connectivity index (χ4n) is 3.35. The minimum Gasteiger partial charge on any atom is -0.490 e. The van der Waals surface area contributed by atoms with Gasteiger partial charge in [-0.3, -0.25) is 4.79 Å². The van der Waals surface area contributed by atoms with Gasteiger partial charge in [0, 0.05) is 11.1 Å². The third-order valence-corrected chi connectivity index (χ3v) is 5.18. The summed E-state index contributed by atoms with van der Waals surface area (Å²) in [6.45, 7) is 3.07. The van der Waals surface area contributed by atoms with Crippen molar-refractivity contribution < 1.29 is 14.3 Å². The number of ether oxygens (including phenoxy) is 2. The average Bonchev–Trinajstić information content (AvgIpc) is 2.86. The van der Waals surface area contributed by atoms with E-state index in [9.17, 15) is 4.79 Å². The van der Waals surface area contributed by atoms with Gasteiger partial charge in [0.05, 0.1) is 6.21 Å². The second kappa shape index (κ2) is 13.7. The van der Waals surface area contributed by atoms with Gasteiger partial charge in [-0.1, -0.05) is 68.7 Å². The Morgan fingerprint density at radius 3 is 2.36 bits per heavy atom. The minimum atomic E-state index is -0.259. The lowest BCUT2D eigenvalue weighted by Gasteiger charge is -2.11. The maximum absolute atomic E-state index is 12.1. The lowest BCUT2D eigenvalue weighted by atomic mass is 10.1. The van der Waals surface area contributed by atoms with Crippen LogP contribution < -0.4 is 14.9 Å². The summed E-state index contributed by atoms with van der Waals surface area (Å²) in [6, 6.07) is 24.8. The molecule has 0 aliphatic rings. The number of hydrogen-bond acceptors (Lipinski definition) is 4. The molecule has 0 aliphatic carbocycles. The van der Waals surface area contributed by atoms with Gasteiger partial charge in [0.2, 0.25) is 0 Å². The first kappa shape index (κ1) is 24.1. The number of rotatable bonds is 13. The second-order valence-corrected chi connectivity index (χ2v) is 7.75. The fourth-order valence-corrected chi connectivity index (χ4v) is 3.35. The molecule has 3 aromatic carbocycles. The highest BCUT2D eigenvalue weighted by atomic mass is 16.5. The molecule has 1 N–H and O–H groups in total. The number of aryl methyl sites for hydroxylation is 1. The van der Waals surface area contributed by atoms with Crippen molar-refractivity contribution in [2.75, 3.05) is 13.2 Å². The van der Waals surface area contributed by atoms with Crippen LogP contribution in [0.15, 0.2) is 84.0 Å². The molecule has 3 aromatic rings. The number of hydrazone groups is 1. The summed E-state index contributed by atoms with van der Waals surface area (Å²) in [5.74, 6) is 1.27. The van der Waals surface area contributed by atoms with E-state index >= 15 is 0 Å². The van der Waals surface area contributed by atoms with E-state index in [0.29, 0.717) is 24.5 Å². The molecular weight excluding hydrogens is 412 g/mol. The molecule has 0 unspecified atom stereocenters. The molecular formula is C28H32N2O3. The molecule has 0 radical (unpaired) electrons. The number of hydrogen-bond donors (Lipinski definition) is 1. The summed E-state index contributed by atoms with van der Waals surface area (Å²) in [6.07, 6.45) is 7.79. The zero-order valence-corrected chi connectivity index (χ0v) is 19.2. The zero-order chi connectivity index (χ0) is 23.1. The predicted octanol–water partition coefficient (Wildman–Crippen LogP) is 6.03. The van der Waals surface area contributed by atoms with Crippen molar-refractivity contribution >= 4 is 12.1 Å². The van der Waals surface area contributed by atoms with Gasteiger partial charge in [-0.25, -0.2) is 5.43 Å². The van der Waals surface area contributed by atoms with Crippen molar-refractivity contribution in [1.82, 2.24) is 5.43 Å². The largest absolute Gasteiger partial charge is 0.490 e. The molecule has 0 aliphatic heterocycles. The molecule has 1 amide bonds. The van der Waals surface area contributed by atoms with Gasteiger partial charge in [0.1, 0.15) is 24.7 Å². The number of nitrogens with one attached hydrogen (secondary N) is 1. The first-order valence-corrected chi connectivity index (χ1v) is 11.6. The highest BCUT2D eigenvalue weighted by molar-refractivity contribution is 5.95. The number of benzene rings is 3. The number of para-hydroxylation sites is 1. The van der Waals surface area contributed by atoms with Crippen LogP contribution in [0.5, 0.6) is 11.5 Å². The van der Waals surface area contributed by atoms with Crippen LogP contribution in [0.4, 0.5) is 0 Å². The SMILES string of the molecule is CCCCCCc1ccc(OCCOc2ccccc2/C=N\NC(=O)c2ccccc2)cc1. The summed E-state index contributed by atoms with van der Waals surface area (Å²) in [5, 5.41) is 4.06. The summed E-state index contributed by atoms with van der Waals surface area (Å²) >= 11 is 0. The first-order valence-electron chi connectivity index (χ1n) is 11.6. The normalized spacial score (nSPS) is 10.8. The third-order valence-electron chi connectivity index (χ3n) is 5.18. The molecule has 0 fully saturated rings. The molecule has 5 heteroatoms. The average molecular weight is 445 g/mol. The van der Waals surface area contributed by atoms with Crippen LogP contribution in [0.2, 0.25) is 0 Å². The van der Waals surface area contributed by atoms with Crippen LogP contribution in [0.25, 0.3) is 0 Å². The standard InChI is InChI=1S/C28H32N2O3/c1-2-3-4-6-11-23-16-18-26(19-17-23)32-20-21-33-27-15-10-9-14-25(27)22-29-30-28(31)24-12-7-5-8-13-24/h5,7-10,12-19,22H,2-4,6,11,20-21H2,1H3,(H,30,31)/b29-22-. The molecule has 172 valence electrons. The third kappa shape index (κ3) is 8.45. The van der Waals surface area contributed by atoms with E-state index in [4.69, 9.17) is 9.47 Å². The summed E-state index contributed by atoms with van der Waals surface area (Å²) in [4.78, 5) is 12.1. The van der Waals surface area contributed by atoms with Gasteiger partial charge in [-0.05, 0) is 54.8 Å². The maximum atomic E-state index is 12.1. The van der Waals surface area contributed by atoms with Crippen molar-refractivity contribution in [1.29, 1.82) is 0 Å². The molecule has 0 aromatic heterocycles. The van der Waals surface area contributed by atoms with Gasteiger partial charge in [-0.15, -0.1) is 0 Å². The fraction of sp³-hybridized carbons (Fsp3) is 0.286. The summed E-state index contributed by atoms with van der Waals surface area (Å²) in [5.41, 5.74) is 5.22. The topological polar surface area (TPSA) is 59.9 Å². The Bertz CT molecular complexity index is 1000. The first-order chi connectivity index (χ1) is 16.3. The molecule has 0 saturated heterocycles. The van der Waals surface area contributed by atoms with Crippen molar-refractivity contribution in [2.24, 2.45) is 5.10 Å². The molecule has 0 bridgehead atoms. The van der Waals surface area contributed by atoms with Crippen molar-refractivity contribution in [3.05, 3.63) is 95.6 Å². The Balaban J connectivity index is 1.42. The number of unbranched alkanes of at least 4 members (excludes halogenated alkanes) is 3. The van der Waals surface area contributed by atoms with Crippen LogP contribution in [0.1, 0.15) is 54.1 Å². The van der Waals surface area contributed by atoms with Gasteiger partial charge in [0.15, 0.2) is 0 Å². The van der Waals surface area contributed by atoms with Crippen LogP contribution in [-0.2, 0) is 6.42 Å². The molecule has 0 saturated carbocycles. The quantitative estimate of drug-likeness (QED) is 0.199. The summed E-state index contributed by atoms with van der Waals surface area (Å²) in [7, 11) is 0. The highest BCUT2D eigenvalue weighted by Gasteiger charge is 2.04. The molecule has 33 heavy (non-hydrogen) atoms. The van der Waals surface area contributed by atoms with E-state index in [1.807, 2.05) is 54.6 Å². The van der Waals surface area contributed by atoms with Gasteiger partial charge in [-0.2, -0.15) is 5.10 Å².